The van der Waals surface area contributed by atoms with Crippen LogP contribution in [0.25, 0.3) is 0 Å². The summed E-state index contributed by atoms with van der Waals surface area (Å²) in [6.07, 6.45) is 4.47. The molecular formula is C20H32N4O5. The first kappa shape index (κ1) is 22.9. The van der Waals surface area contributed by atoms with Crippen LogP contribution in [0.1, 0.15) is 51.6 Å². The van der Waals surface area contributed by atoms with E-state index in [0.717, 1.165) is 5.56 Å². The highest BCUT2D eigenvalue weighted by Gasteiger charge is 2.48. The highest BCUT2D eigenvalue weighted by molar-refractivity contribution is 5.90. The van der Waals surface area contributed by atoms with Crippen molar-refractivity contribution in [2.75, 3.05) is 27.4 Å². The summed E-state index contributed by atoms with van der Waals surface area (Å²) in [5.41, 5.74) is 0.396. The van der Waals surface area contributed by atoms with E-state index in [4.69, 9.17) is 4.74 Å². The fourth-order valence-corrected chi connectivity index (χ4v) is 3.66. The van der Waals surface area contributed by atoms with Gasteiger partial charge in [0.15, 0.2) is 0 Å². The highest BCUT2D eigenvalue weighted by atomic mass is 16.5. The van der Waals surface area contributed by atoms with Crippen LogP contribution in [-0.2, 0) is 30.4 Å². The molecule has 9 nitrogen and oxygen atoms in total. The van der Waals surface area contributed by atoms with Gasteiger partial charge in [0.25, 0.3) is 0 Å². The number of hydrogen-bond donors (Lipinski definition) is 1. The number of methoxy groups -OCH3 is 2. The predicted octanol–water partition coefficient (Wildman–Crippen LogP) is 1.29. The van der Waals surface area contributed by atoms with Gasteiger partial charge < -0.3 is 19.7 Å². The SMILES string of the molecule is COCCn1cc([C@@H]2[C@@H](C(=O)NCCCC(=O)OC)CC(=O)N2C(C)(C)C)cn1. The van der Waals surface area contributed by atoms with Crippen molar-refractivity contribution in [3.63, 3.8) is 0 Å². The van der Waals surface area contributed by atoms with E-state index < -0.39 is 11.5 Å². The third-order valence-corrected chi connectivity index (χ3v) is 4.99. The zero-order valence-electron chi connectivity index (χ0n) is 17.9. The van der Waals surface area contributed by atoms with Crippen molar-refractivity contribution in [1.82, 2.24) is 20.0 Å². The van der Waals surface area contributed by atoms with Crippen LogP contribution in [0.5, 0.6) is 0 Å². The van der Waals surface area contributed by atoms with Crippen LogP contribution in [-0.4, -0.2) is 65.4 Å². The molecule has 0 bridgehead atoms. The van der Waals surface area contributed by atoms with Crippen LogP contribution in [0.4, 0.5) is 0 Å². The van der Waals surface area contributed by atoms with E-state index in [9.17, 15) is 14.4 Å². The Bertz CT molecular complexity index is 725. The average Bonchev–Trinajstić information content (AvgIpc) is 3.26. The van der Waals surface area contributed by atoms with E-state index in [-0.39, 0.29) is 36.7 Å². The number of hydrogen-bond acceptors (Lipinski definition) is 6. The van der Waals surface area contributed by atoms with Gasteiger partial charge in [0, 0.05) is 43.8 Å². The summed E-state index contributed by atoms with van der Waals surface area (Å²) in [4.78, 5) is 38.7. The smallest absolute Gasteiger partial charge is 0.305 e. The Kier molecular flexibility index (Phi) is 7.78. The van der Waals surface area contributed by atoms with Crippen LogP contribution in [0.15, 0.2) is 12.4 Å². The summed E-state index contributed by atoms with van der Waals surface area (Å²) in [7, 11) is 2.96. The van der Waals surface area contributed by atoms with Crippen molar-refractivity contribution < 1.29 is 23.9 Å². The Labute approximate surface area is 171 Å². The maximum Gasteiger partial charge on any atom is 0.305 e. The van der Waals surface area contributed by atoms with E-state index in [2.05, 4.69) is 15.2 Å². The van der Waals surface area contributed by atoms with Gasteiger partial charge in [-0.05, 0) is 27.2 Å². The first-order chi connectivity index (χ1) is 13.7. The second-order valence-electron chi connectivity index (χ2n) is 8.19. The standard InChI is InChI=1S/C20H32N4O5/c1-20(2,3)24-16(25)11-15(19(27)21-8-6-7-17(26)29-5)18(24)14-12-22-23(13-14)9-10-28-4/h12-13,15,18H,6-11H2,1-5H3,(H,21,27)/t15-,18+/m0/s1. The molecule has 2 atom stereocenters. The molecule has 1 aromatic rings. The molecule has 1 aromatic heterocycles. The first-order valence-corrected chi connectivity index (χ1v) is 9.87. The van der Waals surface area contributed by atoms with Gasteiger partial charge in [-0.25, -0.2) is 0 Å². The topological polar surface area (TPSA) is 103 Å². The second kappa shape index (κ2) is 9.87. The third-order valence-electron chi connectivity index (χ3n) is 4.99. The number of aromatic nitrogens is 2. The van der Waals surface area contributed by atoms with Gasteiger partial charge >= 0.3 is 5.97 Å². The van der Waals surface area contributed by atoms with Gasteiger partial charge in [0.1, 0.15) is 0 Å². The monoisotopic (exact) mass is 408 g/mol. The van der Waals surface area contributed by atoms with Crippen LogP contribution in [0.2, 0.25) is 0 Å². The minimum Gasteiger partial charge on any atom is -0.469 e. The number of carbonyl (C=O) groups excluding carboxylic acids is 3. The lowest BCUT2D eigenvalue weighted by atomic mass is 9.92. The third kappa shape index (κ3) is 5.79. The number of likely N-dealkylation sites (tertiary alicyclic amines) is 1. The van der Waals surface area contributed by atoms with Crippen molar-refractivity contribution in [2.24, 2.45) is 5.92 Å². The fourth-order valence-electron chi connectivity index (χ4n) is 3.66. The van der Waals surface area contributed by atoms with Gasteiger partial charge in [-0.3, -0.25) is 19.1 Å². The lowest BCUT2D eigenvalue weighted by Gasteiger charge is -2.38. The van der Waals surface area contributed by atoms with Crippen molar-refractivity contribution in [1.29, 1.82) is 0 Å². The quantitative estimate of drug-likeness (QED) is 0.488. The molecule has 1 N–H and O–H groups in total. The minimum absolute atomic E-state index is 0.0538. The molecule has 1 saturated heterocycles. The summed E-state index contributed by atoms with van der Waals surface area (Å²) in [5, 5.41) is 7.22. The molecule has 0 aromatic carbocycles. The maximum absolute atomic E-state index is 12.9. The summed E-state index contributed by atoms with van der Waals surface area (Å²) in [6.45, 7) is 7.36. The minimum atomic E-state index is -0.514. The Hall–Kier alpha value is -2.42. The van der Waals surface area contributed by atoms with Gasteiger partial charge in [0.2, 0.25) is 11.8 Å². The van der Waals surface area contributed by atoms with Crippen LogP contribution >= 0.6 is 0 Å². The zero-order chi connectivity index (χ0) is 21.6. The number of nitrogens with one attached hydrogen (secondary N) is 1. The lowest BCUT2D eigenvalue weighted by molar-refractivity contribution is -0.141. The number of carbonyl (C=O) groups is 3. The Morgan fingerprint density at radius 2 is 2.03 bits per heavy atom. The zero-order valence-corrected chi connectivity index (χ0v) is 17.9. The largest absolute Gasteiger partial charge is 0.469 e. The van der Waals surface area contributed by atoms with Crippen molar-refractivity contribution >= 4 is 17.8 Å². The highest BCUT2D eigenvalue weighted by Crippen LogP contribution is 2.42. The molecule has 1 aliphatic heterocycles. The van der Waals surface area contributed by atoms with Crippen molar-refractivity contribution in [2.45, 2.75) is 58.2 Å². The molecule has 0 aliphatic carbocycles. The number of ether oxygens (including phenoxy) is 2. The van der Waals surface area contributed by atoms with Crippen LogP contribution < -0.4 is 5.32 Å². The summed E-state index contributed by atoms with van der Waals surface area (Å²) < 4.78 is 11.5. The normalized spacial score (nSPS) is 19.5. The fraction of sp³-hybridized carbons (Fsp3) is 0.700. The lowest BCUT2D eigenvalue weighted by Crippen LogP contribution is -2.45. The Balaban J connectivity index is 2.16. The van der Waals surface area contributed by atoms with Gasteiger partial charge in [-0.1, -0.05) is 0 Å². The van der Waals surface area contributed by atoms with Gasteiger partial charge in [-0.2, -0.15) is 5.10 Å². The maximum atomic E-state index is 12.9. The molecule has 2 heterocycles. The molecule has 0 radical (unpaired) electrons. The molecule has 29 heavy (non-hydrogen) atoms. The molecule has 0 spiro atoms. The molecule has 0 unspecified atom stereocenters. The van der Waals surface area contributed by atoms with Crippen LogP contribution in [0, 0.1) is 5.92 Å². The summed E-state index contributed by atoms with van der Waals surface area (Å²) in [6, 6.07) is -0.389. The number of nitrogens with zero attached hydrogens (tertiary/aromatic N) is 3. The Morgan fingerprint density at radius 3 is 2.66 bits per heavy atom. The molecule has 9 heteroatoms. The molecule has 162 valence electrons. The molecule has 2 amide bonds. The molecule has 1 fully saturated rings. The van der Waals surface area contributed by atoms with E-state index in [1.165, 1.54) is 7.11 Å². The molecule has 0 saturated carbocycles. The molecule has 1 aliphatic rings. The van der Waals surface area contributed by atoms with E-state index >= 15 is 0 Å². The van der Waals surface area contributed by atoms with Crippen molar-refractivity contribution in [3.8, 4) is 0 Å². The number of esters is 1. The number of rotatable bonds is 9. The first-order valence-electron chi connectivity index (χ1n) is 9.87. The van der Waals surface area contributed by atoms with Gasteiger partial charge in [-0.15, -0.1) is 0 Å². The van der Waals surface area contributed by atoms with E-state index in [1.807, 2.05) is 27.0 Å². The summed E-state index contributed by atoms with van der Waals surface area (Å²) >= 11 is 0. The molecule has 2 rings (SSSR count). The van der Waals surface area contributed by atoms with E-state index in [1.54, 1.807) is 22.9 Å². The Morgan fingerprint density at radius 1 is 1.31 bits per heavy atom. The molecular weight excluding hydrogens is 376 g/mol. The average molecular weight is 408 g/mol. The van der Waals surface area contributed by atoms with Crippen molar-refractivity contribution in [3.05, 3.63) is 18.0 Å². The van der Waals surface area contributed by atoms with Gasteiger partial charge in [0.05, 0.1) is 38.4 Å². The van der Waals surface area contributed by atoms with E-state index in [0.29, 0.717) is 26.1 Å². The summed E-state index contributed by atoms with van der Waals surface area (Å²) in [5.74, 6) is -1.07. The predicted molar refractivity (Wildman–Crippen MR) is 106 cm³/mol. The van der Waals surface area contributed by atoms with Crippen LogP contribution in [0.3, 0.4) is 0 Å². The second-order valence-corrected chi connectivity index (χ2v) is 8.19. The number of amides is 2.